The second kappa shape index (κ2) is 6.80. The van der Waals surface area contributed by atoms with E-state index >= 15 is 0 Å². The summed E-state index contributed by atoms with van der Waals surface area (Å²) in [6.45, 7) is -0.288. The topological polar surface area (TPSA) is 88.7 Å². The van der Waals surface area contributed by atoms with Crippen molar-refractivity contribution < 1.29 is 9.72 Å². The molecule has 0 bridgehead atoms. The highest BCUT2D eigenvalue weighted by Gasteiger charge is 2.15. The van der Waals surface area contributed by atoms with Gasteiger partial charge in [0.15, 0.2) is 5.84 Å². The number of hydrogen-bond acceptors (Lipinski definition) is 5. The first kappa shape index (κ1) is 14.2. The lowest BCUT2D eigenvalue weighted by Gasteiger charge is -2.16. The molecule has 1 heterocycles. The fraction of sp³-hybridized carbons (Fsp3) is 0.300. The highest BCUT2D eigenvalue weighted by Crippen LogP contribution is 2.08. The van der Waals surface area contributed by atoms with Gasteiger partial charge in [-0.05, 0) is 27.6 Å². The van der Waals surface area contributed by atoms with E-state index in [0.29, 0.717) is 11.0 Å². The molecule has 0 N–H and O–H groups in total. The van der Waals surface area contributed by atoms with Crippen LogP contribution in [0.2, 0.25) is 0 Å². The third-order valence-electron chi connectivity index (χ3n) is 2.13. The van der Waals surface area contributed by atoms with Crippen molar-refractivity contribution in [1.82, 2.24) is 9.88 Å². The third kappa shape index (κ3) is 4.21. The van der Waals surface area contributed by atoms with Crippen LogP contribution < -0.4 is 0 Å². The molecule has 96 valence electrons. The van der Waals surface area contributed by atoms with Gasteiger partial charge in [0.1, 0.15) is 4.60 Å². The van der Waals surface area contributed by atoms with E-state index in [1.54, 1.807) is 18.3 Å². The maximum absolute atomic E-state index is 11.0. The molecule has 0 saturated heterocycles. The number of nitrogens with zero attached hydrogens (tertiary/aromatic N) is 4. The number of hydrogen-bond donors (Lipinski definition) is 0. The van der Waals surface area contributed by atoms with Gasteiger partial charge in [-0.25, -0.2) is 4.98 Å². The van der Waals surface area contributed by atoms with Gasteiger partial charge in [-0.2, -0.15) is 0 Å². The lowest BCUT2D eigenvalue weighted by molar-refractivity contribution is -0.464. The first-order valence-electron chi connectivity index (χ1n) is 4.96. The lowest BCUT2D eigenvalue weighted by atomic mass is 10.2. The monoisotopic (exact) mass is 314 g/mol. The molecule has 1 aromatic heterocycles. The number of carbonyl (C=O) groups is 1. The number of nitro groups is 1. The van der Waals surface area contributed by atoms with Crippen molar-refractivity contribution in [3.8, 4) is 0 Å². The zero-order valence-electron chi connectivity index (χ0n) is 9.62. The molecule has 8 heteroatoms. The molecule has 0 spiro atoms. The summed E-state index contributed by atoms with van der Waals surface area (Å²) in [4.78, 5) is 29.8. The van der Waals surface area contributed by atoms with Gasteiger partial charge in [-0.3, -0.25) is 24.8 Å². The van der Waals surface area contributed by atoms with E-state index in [1.807, 2.05) is 0 Å². The summed E-state index contributed by atoms with van der Waals surface area (Å²) in [6.07, 6.45) is 2.11. The zero-order valence-corrected chi connectivity index (χ0v) is 11.2. The molecule has 0 aliphatic carbocycles. The van der Waals surface area contributed by atoms with Gasteiger partial charge in [0.25, 0.3) is 6.54 Å². The summed E-state index contributed by atoms with van der Waals surface area (Å²) in [5, 5.41) is 10.4. The molecule has 7 nitrogen and oxygen atoms in total. The van der Waals surface area contributed by atoms with E-state index in [9.17, 15) is 14.9 Å². The van der Waals surface area contributed by atoms with Crippen LogP contribution in [0.25, 0.3) is 0 Å². The lowest BCUT2D eigenvalue weighted by Crippen LogP contribution is -2.34. The van der Waals surface area contributed by atoms with Crippen molar-refractivity contribution in [1.29, 1.82) is 0 Å². The molecule has 18 heavy (non-hydrogen) atoms. The van der Waals surface area contributed by atoms with E-state index < -0.39 is 11.5 Å². The number of amidine groups is 1. The minimum absolute atomic E-state index is 0.109. The van der Waals surface area contributed by atoms with Crippen LogP contribution in [-0.4, -0.2) is 40.6 Å². The minimum atomic E-state index is -0.529. The molecule has 1 rings (SSSR count). The molecule has 0 aliphatic rings. The predicted octanol–water partition coefficient (Wildman–Crippen LogP) is 1.11. The molecule has 0 aliphatic heterocycles. The molecule has 1 amide bonds. The van der Waals surface area contributed by atoms with E-state index in [0.717, 1.165) is 5.56 Å². The van der Waals surface area contributed by atoms with Crippen molar-refractivity contribution in [3.63, 3.8) is 0 Å². The first-order valence-corrected chi connectivity index (χ1v) is 5.76. The van der Waals surface area contributed by atoms with Gasteiger partial charge < -0.3 is 0 Å². The fourth-order valence-corrected chi connectivity index (χ4v) is 1.53. The van der Waals surface area contributed by atoms with E-state index in [4.69, 9.17) is 0 Å². The van der Waals surface area contributed by atoms with Gasteiger partial charge in [-0.15, -0.1) is 0 Å². The second-order valence-electron chi connectivity index (χ2n) is 3.35. The molecule has 0 atom stereocenters. The molecule has 0 unspecified atom stereocenters. The summed E-state index contributed by atoms with van der Waals surface area (Å²) in [7, 11) is 1.41. The molecular weight excluding hydrogens is 304 g/mol. The Balaban J connectivity index is 2.80. The van der Waals surface area contributed by atoms with Crippen molar-refractivity contribution in [2.75, 3.05) is 13.6 Å². The highest BCUT2D eigenvalue weighted by molar-refractivity contribution is 9.10. The smallest absolute Gasteiger partial charge is 0.260 e. The Morgan fingerprint density at radius 3 is 2.83 bits per heavy atom. The Morgan fingerprint density at radius 1 is 1.67 bits per heavy atom. The largest absolute Gasteiger partial charge is 0.293 e. The average Bonchev–Trinajstić information content (AvgIpc) is 2.35. The summed E-state index contributed by atoms with van der Waals surface area (Å²) in [5.74, 6) is 0.109. The van der Waals surface area contributed by atoms with Crippen molar-refractivity contribution in [2.45, 2.75) is 6.54 Å². The number of rotatable bonds is 5. The number of pyridine rings is 1. The van der Waals surface area contributed by atoms with Crippen molar-refractivity contribution in [2.24, 2.45) is 4.99 Å². The highest BCUT2D eigenvalue weighted by atomic mass is 79.9. The second-order valence-corrected chi connectivity index (χ2v) is 4.17. The molecule has 0 radical (unpaired) electrons. The summed E-state index contributed by atoms with van der Waals surface area (Å²) >= 11 is 3.20. The van der Waals surface area contributed by atoms with E-state index in [1.165, 1.54) is 11.9 Å². The van der Waals surface area contributed by atoms with Crippen LogP contribution in [0.3, 0.4) is 0 Å². The van der Waals surface area contributed by atoms with Crippen LogP contribution >= 0.6 is 15.9 Å². The number of aliphatic imine (C=N–C) groups is 1. The van der Waals surface area contributed by atoms with Crippen LogP contribution in [0.4, 0.5) is 0 Å². The van der Waals surface area contributed by atoms with E-state index in [2.05, 4.69) is 25.9 Å². The van der Waals surface area contributed by atoms with Crippen molar-refractivity contribution >= 4 is 28.2 Å². The van der Waals surface area contributed by atoms with Crippen LogP contribution in [-0.2, 0) is 11.3 Å². The SMILES string of the molecule is CN=C(C[N+](=O)[O-])N(C=O)Cc1ccc(Br)nc1. The van der Waals surface area contributed by atoms with Crippen LogP contribution in [0.5, 0.6) is 0 Å². The van der Waals surface area contributed by atoms with Gasteiger partial charge in [0.05, 0.1) is 6.54 Å². The Hall–Kier alpha value is -1.83. The maximum atomic E-state index is 11.0. The van der Waals surface area contributed by atoms with Crippen LogP contribution in [0, 0.1) is 10.1 Å². The number of carbonyl (C=O) groups excluding carboxylic acids is 1. The number of aromatic nitrogens is 1. The fourth-order valence-electron chi connectivity index (χ4n) is 1.29. The predicted molar refractivity (Wildman–Crippen MR) is 68.8 cm³/mol. The van der Waals surface area contributed by atoms with Gasteiger partial charge in [0.2, 0.25) is 6.41 Å². The summed E-state index contributed by atoms with van der Waals surface area (Å²) in [5.41, 5.74) is 0.759. The molecule has 0 saturated carbocycles. The van der Waals surface area contributed by atoms with Crippen LogP contribution in [0.15, 0.2) is 27.9 Å². The van der Waals surface area contributed by atoms with Gasteiger partial charge in [-0.1, -0.05) is 6.07 Å². The maximum Gasteiger partial charge on any atom is 0.260 e. The minimum Gasteiger partial charge on any atom is -0.293 e. The molecule has 0 fully saturated rings. The summed E-state index contributed by atoms with van der Waals surface area (Å²) in [6, 6.07) is 3.50. The van der Waals surface area contributed by atoms with Crippen LogP contribution in [0.1, 0.15) is 5.56 Å². The summed E-state index contributed by atoms with van der Waals surface area (Å²) < 4.78 is 0.679. The van der Waals surface area contributed by atoms with Gasteiger partial charge in [0, 0.05) is 18.2 Å². The first-order chi connectivity index (χ1) is 8.56. The Labute approximate surface area is 112 Å². The number of halogens is 1. The van der Waals surface area contributed by atoms with Crippen molar-refractivity contribution in [3.05, 3.63) is 38.6 Å². The average molecular weight is 315 g/mol. The Morgan fingerprint density at radius 2 is 2.39 bits per heavy atom. The zero-order chi connectivity index (χ0) is 13.5. The standard InChI is InChI=1S/C10H11BrN4O3/c1-12-10(6-15(17)18)14(7-16)5-8-2-3-9(11)13-4-8/h2-4,7H,5-6H2,1H3. The van der Waals surface area contributed by atoms with Gasteiger partial charge >= 0.3 is 0 Å². The Kier molecular flexibility index (Phi) is 5.37. The molecule has 1 aromatic rings. The Bertz CT molecular complexity index is 461. The third-order valence-corrected chi connectivity index (χ3v) is 2.60. The normalized spacial score (nSPS) is 11.1. The quantitative estimate of drug-likeness (QED) is 0.203. The molecular formula is C10H11BrN4O3. The number of amides is 1. The molecule has 0 aromatic carbocycles. The van der Waals surface area contributed by atoms with E-state index in [-0.39, 0.29) is 12.4 Å².